The molecule has 1 fully saturated rings. The van der Waals surface area contributed by atoms with Gasteiger partial charge in [-0.05, 0) is 11.6 Å². The lowest BCUT2D eigenvalue weighted by Gasteiger charge is -2.27. The zero-order chi connectivity index (χ0) is 15.2. The first-order valence-electron chi connectivity index (χ1n) is 6.75. The van der Waals surface area contributed by atoms with Crippen molar-refractivity contribution in [3.63, 3.8) is 0 Å². The summed E-state index contributed by atoms with van der Waals surface area (Å²) in [4.78, 5) is 25.2. The van der Waals surface area contributed by atoms with Crippen LogP contribution in [-0.2, 0) is 16.0 Å². The van der Waals surface area contributed by atoms with E-state index >= 15 is 0 Å². The molecule has 7 heteroatoms. The number of carbonyl (C=O) groups excluding carboxylic acids is 2. The summed E-state index contributed by atoms with van der Waals surface area (Å²) in [5.74, 6) is -2.09. The van der Waals surface area contributed by atoms with E-state index in [2.05, 4.69) is 10.6 Å². The SMILES string of the molecule is O=C(Cc1ccc(F)cc1F)NCC(=O)N1CCNCC1. The van der Waals surface area contributed by atoms with Crippen molar-refractivity contribution in [2.75, 3.05) is 32.7 Å². The summed E-state index contributed by atoms with van der Waals surface area (Å²) in [6.07, 6.45) is -0.221. The molecule has 1 aliphatic heterocycles. The van der Waals surface area contributed by atoms with Crippen molar-refractivity contribution in [2.24, 2.45) is 0 Å². The van der Waals surface area contributed by atoms with Crippen molar-refractivity contribution in [3.05, 3.63) is 35.4 Å². The first-order valence-corrected chi connectivity index (χ1v) is 6.75. The Morgan fingerprint density at radius 1 is 1.24 bits per heavy atom. The molecule has 2 rings (SSSR count). The minimum absolute atomic E-state index is 0.100. The van der Waals surface area contributed by atoms with Gasteiger partial charge in [-0.25, -0.2) is 8.78 Å². The molecule has 2 amide bonds. The molecule has 1 aromatic carbocycles. The minimum Gasteiger partial charge on any atom is -0.347 e. The average Bonchev–Trinajstić information content (AvgIpc) is 2.48. The van der Waals surface area contributed by atoms with Crippen molar-refractivity contribution >= 4 is 11.8 Å². The van der Waals surface area contributed by atoms with E-state index in [1.807, 2.05) is 0 Å². The van der Waals surface area contributed by atoms with E-state index in [0.717, 1.165) is 25.2 Å². The van der Waals surface area contributed by atoms with Gasteiger partial charge in [0.05, 0.1) is 13.0 Å². The van der Waals surface area contributed by atoms with Crippen LogP contribution in [0.1, 0.15) is 5.56 Å². The van der Waals surface area contributed by atoms with E-state index in [-0.39, 0.29) is 24.4 Å². The van der Waals surface area contributed by atoms with E-state index in [1.165, 1.54) is 6.07 Å². The maximum absolute atomic E-state index is 13.4. The monoisotopic (exact) mass is 297 g/mol. The maximum Gasteiger partial charge on any atom is 0.242 e. The number of nitrogens with zero attached hydrogens (tertiary/aromatic N) is 1. The van der Waals surface area contributed by atoms with Gasteiger partial charge in [-0.2, -0.15) is 0 Å². The van der Waals surface area contributed by atoms with Crippen LogP contribution in [0.4, 0.5) is 8.78 Å². The number of piperazine rings is 1. The highest BCUT2D eigenvalue weighted by molar-refractivity contribution is 5.85. The van der Waals surface area contributed by atoms with Gasteiger partial charge in [0.2, 0.25) is 11.8 Å². The molecule has 0 radical (unpaired) electrons. The molecular formula is C14H17F2N3O2. The second-order valence-electron chi connectivity index (χ2n) is 4.82. The second kappa shape index (κ2) is 7.12. The lowest BCUT2D eigenvalue weighted by atomic mass is 10.1. The Morgan fingerprint density at radius 3 is 2.62 bits per heavy atom. The number of rotatable bonds is 4. The van der Waals surface area contributed by atoms with Gasteiger partial charge in [0.15, 0.2) is 0 Å². The highest BCUT2D eigenvalue weighted by Crippen LogP contribution is 2.09. The maximum atomic E-state index is 13.4. The molecule has 1 heterocycles. The molecule has 0 aliphatic carbocycles. The Bertz CT molecular complexity index is 531. The van der Waals surface area contributed by atoms with E-state index in [1.54, 1.807) is 4.90 Å². The average molecular weight is 297 g/mol. The lowest BCUT2D eigenvalue weighted by Crippen LogP contribution is -2.49. The van der Waals surface area contributed by atoms with Crippen molar-refractivity contribution < 1.29 is 18.4 Å². The van der Waals surface area contributed by atoms with Crippen molar-refractivity contribution in [1.82, 2.24) is 15.5 Å². The van der Waals surface area contributed by atoms with Crippen LogP contribution in [0.5, 0.6) is 0 Å². The normalized spacial score (nSPS) is 14.9. The zero-order valence-corrected chi connectivity index (χ0v) is 11.5. The summed E-state index contributed by atoms with van der Waals surface area (Å²) in [6.45, 7) is 2.59. The summed E-state index contributed by atoms with van der Waals surface area (Å²) >= 11 is 0. The van der Waals surface area contributed by atoms with Crippen LogP contribution in [0.2, 0.25) is 0 Å². The number of hydrogen-bond acceptors (Lipinski definition) is 3. The smallest absolute Gasteiger partial charge is 0.242 e. The van der Waals surface area contributed by atoms with Gasteiger partial charge in [-0.15, -0.1) is 0 Å². The van der Waals surface area contributed by atoms with Crippen LogP contribution in [-0.4, -0.2) is 49.4 Å². The highest BCUT2D eigenvalue weighted by atomic mass is 19.1. The van der Waals surface area contributed by atoms with Crippen LogP contribution in [0, 0.1) is 11.6 Å². The van der Waals surface area contributed by atoms with E-state index in [4.69, 9.17) is 0 Å². The van der Waals surface area contributed by atoms with Gasteiger partial charge in [-0.1, -0.05) is 6.07 Å². The third kappa shape index (κ3) is 4.49. The molecule has 0 spiro atoms. The molecule has 5 nitrogen and oxygen atoms in total. The van der Waals surface area contributed by atoms with Crippen LogP contribution in [0.15, 0.2) is 18.2 Å². The van der Waals surface area contributed by atoms with E-state index in [0.29, 0.717) is 13.1 Å². The Kier molecular flexibility index (Phi) is 5.21. The largest absolute Gasteiger partial charge is 0.347 e. The third-order valence-electron chi connectivity index (χ3n) is 3.27. The number of amides is 2. The first-order chi connectivity index (χ1) is 10.1. The molecule has 2 N–H and O–H groups in total. The molecule has 0 atom stereocenters. The van der Waals surface area contributed by atoms with Gasteiger partial charge < -0.3 is 15.5 Å². The summed E-state index contributed by atoms with van der Waals surface area (Å²) in [5, 5.41) is 5.58. The van der Waals surface area contributed by atoms with E-state index < -0.39 is 17.5 Å². The highest BCUT2D eigenvalue weighted by Gasteiger charge is 2.17. The standard InChI is InChI=1S/C14H17F2N3O2/c15-11-2-1-10(12(16)8-11)7-13(20)18-9-14(21)19-5-3-17-4-6-19/h1-2,8,17H,3-7,9H2,(H,18,20). The molecule has 1 saturated heterocycles. The quantitative estimate of drug-likeness (QED) is 0.826. The summed E-state index contributed by atoms with van der Waals surface area (Å²) < 4.78 is 26.1. The number of hydrogen-bond donors (Lipinski definition) is 2. The molecule has 114 valence electrons. The predicted molar refractivity (Wildman–Crippen MR) is 72.5 cm³/mol. The molecule has 0 saturated carbocycles. The van der Waals surface area contributed by atoms with Gasteiger partial charge in [0.25, 0.3) is 0 Å². The Labute approximate surface area is 121 Å². The summed E-state index contributed by atoms with van der Waals surface area (Å²) in [6, 6.07) is 3.05. The summed E-state index contributed by atoms with van der Waals surface area (Å²) in [5.41, 5.74) is 0.100. The fourth-order valence-corrected chi connectivity index (χ4v) is 2.10. The molecule has 0 bridgehead atoms. The molecule has 1 aromatic rings. The third-order valence-corrected chi connectivity index (χ3v) is 3.27. The molecule has 1 aliphatic rings. The summed E-state index contributed by atoms with van der Waals surface area (Å²) in [7, 11) is 0. The van der Waals surface area contributed by atoms with Gasteiger partial charge in [0.1, 0.15) is 11.6 Å². The van der Waals surface area contributed by atoms with Crippen LogP contribution < -0.4 is 10.6 Å². The van der Waals surface area contributed by atoms with Gasteiger partial charge in [0, 0.05) is 32.2 Å². The predicted octanol–water partition coefficient (Wildman–Crippen LogP) is 0.0553. The molecule has 21 heavy (non-hydrogen) atoms. The fourth-order valence-electron chi connectivity index (χ4n) is 2.10. The van der Waals surface area contributed by atoms with Crippen molar-refractivity contribution in [2.45, 2.75) is 6.42 Å². The van der Waals surface area contributed by atoms with Crippen LogP contribution in [0.3, 0.4) is 0 Å². The van der Waals surface area contributed by atoms with Crippen LogP contribution >= 0.6 is 0 Å². The number of benzene rings is 1. The van der Waals surface area contributed by atoms with E-state index in [9.17, 15) is 18.4 Å². The second-order valence-corrected chi connectivity index (χ2v) is 4.82. The first kappa shape index (κ1) is 15.4. The Balaban J connectivity index is 1.80. The lowest BCUT2D eigenvalue weighted by molar-refractivity contribution is -0.133. The number of carbonyl (C=O) groups is 2. The van der Waals surface area contributed by atoms with Crippen LogP contribution in [0.25, 0.3) is 0 Å². The zero-order valence-electron chi connectivity index (χ0n) is 11.5. The Morgan fingerprint density at radius 2 is 1.95 bits per heavy atom. The molecule has 0 aromatic heterocycles. The number of halogens is 2. The van der Waals surface area contributed by atoms with Crippen molar-refractivity contribution in [1.29, 1.82) is 0 Å². The number of nitrogens with one attached hydrogen (secondary N) is 2. The topological polar surface area (TPSA) is 61.4 Å². The molecular weight excluding hydrogens is 280 g/mol. The minimum atomic E-state index is -0.765. The van der Waals surface area contributed by atoms with Crippen molar-refractivity contribution in [3.8, 4) is 0 Å². The fraction of sp³-hybridized carbons (Fsp3) is 0.429. The van der Waals surface area contributed by atoms with Gasteiger partial charge in [-0.3, -0.25) is 9.59 Å². The van der Waals surface area contributed by atoms with Gasteiger partial charge >= 0.3 is 0 Å². The Hall–Kier alpha value is -2.02. The molecule has 0 unspecified atom stereocenters.